The van der Waals surface area contributed by atoms with E-state index < -0.39 is 0 Å². The molecule has 0 spiro atoms. The Morgan fingerprint density at radius 2 is 1.79 bits per heavy atom. The van der Waals surface area contributed by atoms with Crippen molar-refractivity contribution >= 4 is 11.6 Å². The lowest BCUT2D eigenvalue weighted by Gasteiger charge is -1.95. The van der Waals surface area contributed by atoms with Crippen molar-refractivity contribution in [3.63, 3.8) is 0 Å². The summed E-state index contributed by atoms with van der Waals surface area (Å²) < 4.78 is 5.20. The minimum atomic E-state index is 0.193. The molecule has 0 radical (unpaired) electrons. The fourth-order valence-corrected chi connectivity index (χ4v) is 1.88. The summed E-state index contributed by atoms with van der Waals surface area (Å²) in [4.78, 5) is 4.30. The second-order valence-corrected chi connectivity index (χ2v) is 4.42. The topological polar surface area (TPSA) is 59.2 Å². The normalized spacial score (nSPS) is 10.6. The predicted molar refractivity (Wildman–Crippen MR) is 71.8 cm³/mol. The van der Waals surface area contributed by atoms with Crippen molar-refractivity contribution in [3.05, 3.63) is 53.6 Å². The molecule has 0 bridgehead atoms. The molecule has 4 nitrogen and oxygen atoms in total. The highest BCUT2D eigenvalue weighted by Crippen LogP contribution is 2.24. The number of phenolic OH excluding ortho intramolecular Hbond substituents is 1. The summed E-state index contributed by atoms with van der Waals surface area (Å²) in [7, 11) is 0. The number of halogens is 1. The Morgan fingerprint density at radius 1 is 1.00 bits per heavy atom. The van der Waals surface area contributed by atoms with Gasteiger partial charge in [-0.2, -0.15) is 4.98 Å². The van der Waals surface area contributed by atoms with Gasteiger partial charge >= 0.3 is 0 Å². The van der Waals surface area contributed by atoms with E-state index in [0.29, 0.717) is 16.7 Å². The van der Waals surface area contributed by atoms with E-state index in [1.54, 1.807) is 36.4 Å². The van der Waals surface area contributed by atoms with Crippen LogP contribution < -0.4 is 0 Å². The molecule has 5 heteroatoms. The Balaban J connectivity index is 1.97. The van der Waals surface area contributed by atoms with Crippen molar-refractivity contribution in [1.82, 2.24) is 10.1 Å². The third-order valence-electron chi connectivity index (χ3n) is 2.62. The lowest BCUT2D eigenvalue weighted by molar-refractivity contribution is 0.432. The first-order valence-corrected chi connectivity index (χ1v) is 5.99. The molecule has 3 aromatic rings. The van der Waals surface area contributed by atoms with Crippen molar-refractivity contribution < 1.29 is 9.63 Å². The second kappa shape index (κ2) is 4.74. The first kappa shape index (κ1) is 11.7. The molecule has 1 aromatic heterocycles. The third kappa shape index (κ3) is 2.44. The molecule has 0 fully saturated rings. The maximum atomic E-state index is 9.24. The monoisotopic (exact) mass is 272 g/mol. The molecule has 94 valence electrons. The fraction of sp³-hybridized carbons (Fsp3) is 0. The second-order valence-electron chi connectivity index (χ2n) is 3.98. The highest BCUT2D eigenvalue weighted by Gasteiger charge is 2.10. The van der Waals surface area contributed by atoms with Gasteiger partial charge in [0.25, 0.3) is 5.89 Å². The SMILES string of the molecule is Oc1ccc(-c2nc(-c3cccc(Cl)c3)no2)cc1. The maximum Gasteiger partial charge on any atom is 0.258 e. The van der Waals surface area contributed by atoms with Gasteiger partial charge in [-0.15, -0.1) is 0 Å². The number of aromatic nitrogens is 2. The van der Waals surface area contributed by atoms with Gasteiger partial charge in [0.1, 0.15) is 5.75 Å². The Kier molecular flexibility index (Phi) is 2.93. The largest absolute Gasteiger partial charge is 0.508 e. The molecule has 0 aliphatic rings. The maximum absolute atomic E-state index is 9.24. The standard InChI is InChI=1S/C14H9ClN2O2/c15-11-3-1-2-10(8-11)13-16-14(19-17-13)9-4-6-12(18)7-5-9/h1-8,18H. The first-order chi connectivity index (χ1) is 9.22. The number of benzene rings is 2. The Bertz CT molecular complexity index is 707. The van der Waals surface area contributed by atoms with Crippen molar-refractivity contribution in [3.8, 4) is 28.6 Å². The van der Waals surface area contributed by atoms with E-state index in [4.69, 9.17) is 16.1 Å². The van der Waals surface area contributed by atoms with Crippen LogP contribution in [0.25, 0.3) is 22.8 Å². The van der Waals surface area contributed by atoms with Gasteiger partial charge in [0.15, 0.2) is 0 Å². The van der Waals surface area contributed by atoms with Gasteiger partial charge in [-0.25, -0.2) is 0 Å². The van der Waals surface area contributed by atoms with Crippen LogP contribution in [0.4, 0.5) is 0 Å². The van der Waals surface area contributed by atoms with Crippen molar-refractivity contribution in [2.45, 2.75) is 0 Å². The van der Waals surface area contributed by atoms with E-state index in [-0.39, 0.29) is 5.75 Å². The highest BCUT2D eigenvalue weighted by molar-refractivity contribution is 6.30. The fourth-order valence-electron chi connectivity index (χ4n) is 1.69. The zero-order valence-electron chi connectivity index (χ0n) is 9.75. The molecule has 0 aliphatic carbocycles. The molecule has 19 heavy (non-hydrogen) atoms. The van der Waals surface area contributed by atoms with Crippen LogP contribution in [0.15, 0.2) is 53.1 Å². The van der Waals surface area contributed by atoms with Gasteiger partial charge < -0.3 is 9.63 Å². The van der Waals surface area contributed by atoms with Crippen LogP contribution in [0, 0.1) is 0 Å². The molecule has 0 unspecified atom stereocenters. The van der Waals surface area contributed by atoms with Crippen LogP contribution in [0.2, 0.25) is 5.02 Å². The summed E-state index contributed by atoms with van der Waals surface area (Å²) in [5, 5.41) is 13.8. The molecule has 0 amide bonds. The number of hydrogen-bond acceptors (Lipinski definition) is 4. The van der Waals surface area contributed by atoms with Crippen LogP contribution in [-0.2, 0) is 0 Å². The number of aromatic hydroxyl groups is 1. The number of phenols is 1. The number of rotatable bonds is 2. The van der Waals surface area contributed by atoms with Gasteiger partial charge in [0.05, 0.1) is 0 Å². The molecule has 0 saturated heterocycles. The van der Waals surface area contributed by atoms with E-state index in [0.717, 1.165) is 11.1 Å². The molecule has 0 saturated carbocycles. The molecule has 1 heterocycles. The Morgan fingerprint density at radius 3 is 2.53 bits per heavy atom. The minimum Gasteiger partial charge on any atom is -0.508 e. The van der Waals surface area contributed by atoms with Gasteiger partial charge in [0.2, 0.25) is 5.82 Å². The van der Waals surface area contributed by atoms with Gasteiger partial charge in [-0.3, -0.25) is 0 Å². The summed E-state index contributed by atoms with van der Waals surface area (Å²) in [5.41, 5.74) is 1.54. The summed E-state index contributed by atoms with van der Waals surface area (Å²) in [6.07, 6.45) is 0. The minimum absolute atomic E-state index is 0.193. The summed E-state index contributed by atoms with van der Waals surface area (Å²) in [6.45, 7) is 0. The van der Waals surface area contributed by atoms with Crippen LogP contribution >= 0.6 is 11.6 Å². The Labute approximate surface area is 114 Å². The van der Waals surface area contributed by atoms with Crippen LogP contribution in [0.1, 0.15) is 0 Å². The molecule has 0 aliphatic heterocycles. The van der Waals surface area contributed by atoms with E-state index in [1.165, 1.54) is 0 Å². The van der Waals surface area contributed by atoms with Crippen LogP contribution in [-0.4, -0.2) is 15.2 Å². The van der Waals surface area contributed by atoms with Crippen LogP contribution in [0.5, 0.6) is 5.75 Å². The molecule has 1 N–H and O–H groups in total. The summed E-state index contributed by atoms with van der Waals surface area (Å²) in [6, 6.07) is 13.8. The quantitative estimate of drug-likeness (QED) is 0.771. The van der Waals surface area contributed by atoms with Crippen molar-refractivity contribution in [2.75, 3.05) is 0 Å². The third-order valence-corrected chi connectivity index (χ3v) is 2.86. The van der Waals surface area contributed by atoms with E-state index in [9.17, 15) is 5.11 Å². The van der Waals surface area contributed by atoms with Gasteiger partial charge in [-0.05, 0) is 36.4 Å². The lowest BCUT2D eigenvalue weighted by Crippen LogP contribution is -1.81. The van der Waals surface area contributed by atoms with E-state index >= 15 is 0 Å². The molecule has 0 atom stereocenters. The molecule has 3 rings (SSSR count). The number of hydrogen-bond donors (Lipinski definition) is 1. The van der Waals surface area contributed by atoms with E-state index in [2.05, 4.69) is 10.1 Å². The average molecular weight is 273 g/mol. The van der Waals surface area contributed by atoms with Crippen molar-refractivity contribution in [1.29, 1.82) is 0 Å². The summed E-state index contributed by atoms with van der Waals surface area (Å²) in [5.74, 6) is 1.07. The lowest BCUT2D eigenvalue weighted by atomic mass is 10.2. The van der Waals surface area contributed by atoms with Crippen molar-refractivity contribution in [2.24, 2.45) is 0 Å². The first-order valence-electron chi connectivity index (χ1n) is 5.61. The number of nitrogens with zero attached hydrogens (tertiary/aromatic N) is 2. The zero-order chi connectivity index (χ0) is 13.2. The zero-order valence-corrected chi connectivity index (χ0v) is 10.5. The molecular formula is C14H9ClN2O2. The molecular weight excluding hydrogens is 264 g/mol. The smallest absolute Gasteiger partial charge is 0.258 e. The van der Waals surface area contributed by atoms with Gasteiger partial charge in [-0.1, -0.05) is 28.9 Å². The predicted octanol–water partition coefficient (Wildman–Crippen LogP) is 3.76. The average Bonchev–Trinajstić information content (AvgIpc) is 2.89. The Hall–Kier alpha value is -2.33. The van der Waals surface area contributed by atoms with Gasteiger partial charge in [0, 0.05) is 16.1 Å². The summed E-state index contributed by atoms with van der Waals surface area (Å²) >= 11 is 5.92. The van der Waals surface area contributed by atoms with E-state index in [1.807, 2.05) is 12.1 Å². The molecule has 2 aromatic carbocycles. The van der Waals surface area contributed by atoms with Crippen LogP contribution in [0.3, 0.4) is 0 Å². The highest BCUT2D eigenvalue weighted by atomic mass is 35.5.